The second-order valence-electron chi connectivity index (χ2n) is 2.61. The minimum absolute atomic E-state index is 0.348. The van der Waals surface area contributed by atoms with Gasteiger partial charge in [-0.15, -0.1) is 0 Å². The van der Waals surface area contributed by atoms with Gasteiger partial charge in [-0.1, -0.05) is 0 Å². The molecule has 0 radical (unpaired) electrons. The molecule has 0 bridgehead atoms. The fourth-order valence-corrected chi connectivity index (χ4v) is 1.41. The van der Waals surface area contributed by atoms with E-state index < -0.39 is 0 Å². The highest BCUT2D eigenvalue weighted by Gasteiger charge is 2.31. The van der Waals surface area contributed by atoms with E-state index in [1.165, 1.54) is 0 Å². The average molecular weight is 156 g/mol. The molecule has 1 unspecified atom stereocenters. The van der Waals surface area contributed by atoms with Crippen LogP contribution in [0.15, 0.2) is 6.20 Å². The standard InChI is InChI=1S/C6H8N2OS/c9-6(4-1-2-4)5-3-7-10-8-5/h3-4,6,9H,1-2H2. The number of aliphatic hydroxyl groups excluding tert-OH is 1. The van der Waals surface area contributed by atoms with Crippen LogP contribution in [0.5, 0.6) is 0 Å². The number of rotatable bonds is 2. The molecule has 3 nitrogen and oxygen atoms in total. The highest BCUT2D eigenvalue weighted by molar-refractivity contribution is 6.99. The van der Waals surface area contributed by atoms with Gasteiger partial charge < -0.3 is 5.11 Å². The van der Waals surface area contributed by atoms with Crippen molar-refractivity contribution in [2.75, 3.05) is 0 Å². The molecule has 10 heavy (non-hydrogen) atoms. The first kappa shape index (κ1) is 6.24. The summed E-state index contributed by atoms with van der Waals surface area (Å²) in [5, 5.41) is 9.45. The second-order valence-corrected chi connectivity index (χ2v) is 3.17. The Labute approximate surface area is 63.0 Å². The van der Waals surface area contributed by atoms with E-state index in [-0.39, 0.29) is 6.10 Å². The van der Waals surface area contributed by atoms with Crippen molar-refractivity contribution in [1.29, 1.82) is 0 Å². The lowest BCUT2D eigenvalue weighted by molar-refractivity contribution is 0.150. The molecule has 54 valence electrons. The summed E-state index contributed by atoms with van der Waals surface area (Å²) < 4.78 is 7.78. The van der Waals surface area contributed by atoms with Gasteiger partial charge >= 0.3 is 0 Å². The Kier molecular flexibility index (Phi) is 1.43. The monoisotopic (exact) mass is 156 g/mol. The van der Waals surface area contributed by atoms with Gasteiger partial charge in [-0.2, -0.15) is 8.75 Å². The molecule has 1 atom stereocenters. The molecule has 1 heterocycles. The Morgan fingerprint density at radius 1 is 1.70 bits per heavy atom. The third-order valence-corrected chi connectivity index (χ3v) is 2.24. The first-order valence-corrected chi connectivity index (χ1v) is 4.06. The van der Waals surface area contributed by atoms with Crippen molar-refractivity contribution >= 4 is 11.7 Å². The molecule has 1 saturated carbocycles. The van der Waals surface area contributed by atoms with E-state index in [4.69, 9.17) is 0 Å². The van der Waals surface area contributed by atoms with Gasteiger partial charge in [0.2, 0.25) is 0 Å². The molecule has 1 aromatic heterocycles. The number of hydrogen-bond acceptors (Lipinski definition) is 4. The molecule has 0 saturated heterocycles. The number of hydrogen-bond donors (Lipinski definition) is 1. The summed E-state index contributed by atoms with van der Waals surface area (Å²) in [6, 6.07) is 0. The van der Waals surface area contributed by atoms with Crippen LogP contribution in [0.4, 0.5) is 0 Å². The van der Waals surface area contributed by atoms with Crippen molar-refractivity contribution in [3.05, 3.63) is 11.9 Å². The van der Waals surface area contributed by atoms with Gasteiger partial charge in [-0.3, -0.25) is 0 Å². The highest BCUT2D eigenvalue weighted by Crippen LogP contribution is 2.40. The molecular weight excluding hydrogens is 148 g/mol. The first-order chi connectivity index (χ1) is 4.88. The normalized spacial score (nSPS) is 20.9. The van der Waals surface area contributed by atoms with Crippen LogP contribution in [-0.2, 0) is 0 Å². The maximum Gasteiger partial charge on any atom is 0.103 e. The summed E-state index contributed by atoms with van der Waals surface area (Å²) in [5.41, 5.74) is 0.743. The van der Waals surface area contributed by atoms with Gasteiger partial charge in [-0.05, 0) is 18.8 Å². The van der Waals surface area contributed by atoms with E-state index in [0.717, 1.165) is 30.3 Å². The lowest BCUT2D eigenvalue weighted by Crippen LogP contribution is -1.98. The minimum atomic E-state index is -0.348. The summed E-state index contributed by atoms with van der Waals surface area (Å²) in [7, 11) is 0. The predicted molar refractivity (Wildman–Crippen MR) is 37.6 cm³/mol. The van der Waals surface area contributed by atoms with E-state index >= 15 is 0 Å². The van der Waals surface area contributed by atoms with Crippen LogP contribution in [-0.4, -0.2) is 13.9 Å². The zero-order valence-corrected chi connectivity index (χ0v) is 6.21. The number of aromatic nitrogens is 2. The third-order valence-electron chi connectivity index (χ3n) is 1.75. The van der Waals surface area contributed by atoms with Gasteiger partial charge in [0.1, 0.15) is 11.8 Å². The van der Waals surface area contributed by atoms with Crippen molar-refractivity contribution in [2.45, 2.75) is 18.9 Å². The lowest BCUT2D eigenvalue weighted by Gasteiger charge is -2.01. The molecule has 0 spiro atoms. The molecule has 1 aliphatic rings. The molecule has 0 aliphatic heterocycles. The average Bonchev–Trinajstić information content (AvgIpc) is 2.65. The lowest BCUT2D eigenvalue weighted by atomic mass is 10.2. The first-order valence-electron chi connectivity index (χ1n) is 3.33. The number of aliphatic hydroxyl groups is 1. The summed E-state index contributed by atoms with van der Waals surface area (Å²) in [4.78, 5) is 0. The van der Waals surface area contributed by atoms with Gasteiger partial charge in [0.15, 0.2) is 0 Å². The van der Waals surface area contributed by atoms with Gasteiger partial charge in [0, 0.05) is 0 Å². The highest BCUT2D eigenvalue weighted by atomic mass is 32.1. The quantitative estimate of drug-likeness (QED) is 0.694. The van der Waals surface area contributed by atoms with Crippen LogP contribution in [0, 0.1) is 5.92 Å². The van der Waals surface area contributed by atoms with Gasteiger partial charge in [0.05, 0.1) is 17.9 Å². The third kappa shape index (κ3) is 1.04. The smallest absolute Gasteiger partial charge is 0.103 e. The van der Waals surface area contributed by atoms with E-state index in [1.807, 2.05) is 0 Å². The molecule has 1 aromatic rings. The SMILES string of the molecule is OC(c1cnsn1)C1CC1. The maximum absolute atomic E-state index is 9.45. The Balaban J connectivity index is 2.11. The fourth-order valence-electron chi connectivity index (χ4n) is 0.956. The van der Waals surface area contributed by atoms with E-state index in [2.05, 4.69) is 8.75 Å². The summed E-state index contributed by atoms with van der Waals surface area (Å²) in [6.45, 7) is 0. The molecular formula is C6H8N2OS. The Hall–Kier alpha value is -0.480. The van der Waals surface area contributed by atoms with Gasteiger partial charge in [-0.25, -0.2) is 0 Å². The van der Waals surface area contributed by atoms with Crippen molar-refractivity contribution in [1.82, 2.24) is 8.75 Å². The summed E-state index contributed by atoms with van der Waals surface area (Å²) in [6.07, 6.45) is 3.57. The summed E-state index contributed by atoms with van der Waals surface area (Å²) in [5.74, 6) is 0.462. The molecule has 4 heteroatoms. The van der Waals surface area contributed by atoms with Crippen molar-refractivity contribution in [3.8, 4) is 0 Å². The molecule has 2 rings (SSSR count). The summed E-state index contributed by atoms with van der Waals surface area (Å²) >= 11 is 1.15. The fraction of sp³-hybridized carbons (Fsp3) is 0.667. The molecule has 1 N–H and O–H groups in total. The van der Waals surface area contributed by atoms with E-state index in [9.17, 15) is 5.11 Å². The van der Waals surface area contributed by atoms with E-state index in [1.54, 1.807) is 6.20 Å². The zero-order chi connectivity index (χ0) is 6.97. The molecule has 0 amide bonds. The second kappa shape index (κ2) is 2.29. The predicted octanol–water partition coefficient (Wildman–Crippen LogP) is 0.982. The Morgan fingerprint density at radius 3 is 3.00 bits per heavy atom. The molecule has 1 aliphatic carbocycles. The van der Waals surface area contributed by atoms with Crippen LogP contribution in [0.3, 0.4) is 0 Å². The van der Waals surface area contributed by atoms with Crippen LogP contribution in [0.25, 0.3) is 0 Å². The molecule has 1 fully saturated rings. The van der Waals surface area contributed by atoms with Gasteiger partial charge in [0.25, 0.3) is 0 Å². The van der Waals surface area contributed by atoms with Crippen LogP contribution in [0.1, 0.15) is 24.6 Å². The molecule has 0 aromatic carbocycles. The van der Waals surface area contributed by atoms with Crippen molar-refractivity contribution < 1.29 is 5.11 Å². The van der Waals surface area contributed by atoms with Crippen LogP contribution in [0.2, 0.25) is 0 Å². The Bertz CT molecular complexity index is 208. The van der Waals surface area contributed by atoms with Crippen molar-refractivity contribution in [3.63, 3.8) is 0 Å². The number of nitrogens with zero attached hydrogens (tertiary/aromatic N) is 2. The van der Waals surface area contributed by atoms with Crippen molar-refractivity contribution in [2.24, 2.45) is 5.92 Å². The minimum Gasteiger partial charge on any atom is -0.386 e. The van der Waals surface area contributed by atoms with Crippen LogP contribution >= 0.6 is 11.7 Å². The maximum atomic E-state index is 9.45. The zero-order valence-electron chi connectivity index (χ0n) is 5.40. The topological polar surface area (TPSA) is 46.0 Å². The van der Waals surface area contributed by atoms with Crippen LogP contribution < -0.4 is 0 Å². The largest absolute Gasteiger partial charge is 0.386 e. The Morgan fingerprint density at radius 2 is 2.50 bits per heavy atom. The van der Waals surface area contributed by atoms with E-state index in [0.29, 0.717) is 5.92 Å².